The Morgan fingerprint density at radius 2 is 1.74 bits per heavy atom. The van der Waals surface area contributed by atoms with Gasteiger partial charge in [-0.3, -0.25) is 0 Å². The van der Waals surface area contributed by atoms with Gasteiger partial charge in [0.05, 0.1) is 10.1 Å². The van der Waals surface area contributed by atoms with Crippen molar-refractivity contribution in [1.29, 1.82) is 0 Å². The zero-order valence-electron chi connectivity index (χ0n) is 10.5. The maximum absolute atomic E-state index is 13.2. The largest absolute Gasteiger partial charge is 0.327 e. The van der Waals surface area contributed by atoms with Crippen LogP contribution in [0.2, 0.25) is 0 Å². The summed E-state index contributed by atoms with van der Waals surface area (Å²) in [6, 6.07) is 2.23. The van der Waals surface area contributed by atoms with Gasteiger partial charge in [0, 0.05) is 6.04 Å². The minimum Gasteiger partial charge on any atom is -0.327 e. The Balaban J connectivity index is 2.37. The Morgan fingerprint density at radius 1 is 1.05 bits per heavy atom. The fraction of sp³-hybridized carbons (Fsp3) is 0.538. The van der Waals surface area contributed by atoms with Crippen LogP contribution in [0.4, 0.5) is 8.78 Å². The molecule has 1 aromatic rings. The molecule has 2 N–H and O–H groups in total. The molecular formula is C13H17F2NO2S. The van der Waals surface area contributed by atoms with Crippen LogP contribution in [0.15, 0.2) is 23.1 Å². The van der Waals surface area contributed by atoms with Crippen molar-refractivity contribution in [2.45, 2.75) is 48.3 Å². The van der Waals surface area contributed by atoms with Crippen molar-refractivity contribution in [1.82, 2.24) is 0 Å². The van der Waals surface area contributed by atoms with Crippen LogP contribution in [0.3, 0.4) is 0 Å². The zero-order valence-corrected chi connectivity index (χ0v) is 11.3. The summed E-state index contributed by atoms with van der Waals surface area (Å²) in [5.74, 6) is -2.20. The number of rotatable bonds is 2. The van der Waals surface area contributed by atoms with Crippen molar-refractivity contribution in [2.24, 2.45) is 5.73 Å². The van der Waals surface area contributed by atoms with Crippen LogP contribution in [-0.4, -0.2) is 19.7 Å². The van der Waals surface area contributed by atoms with Gasteiger partial charge in [0.2, 0.25) is 0 Å². The second-order valence-electron chi connectivity index (χ2n) is 4.96. The Morgan fingerprint density at radius 3 is 2.42 bits per heavy atom. The van der Waals surface area contributed by atoms with Gasteiger partial charge in [-0.05, 0) is 31.0 Å². The molecule has 0 bridgehead atoms. The van der Waals surface area contributed by atoms with E-state index in [-0.39, 0.29) is 4.90 Å². The molecular weight excluding hydrogens is 272 g/mol. The van der Waals surface area contributed by atoms with Crippen LogP contribution in [0, 0.1) is 11.6 Å². The summed E-state index contributed by atoms with van der Waals surface area (Å²) in [5, 5.41) is -0.708. The summed E-state index contributed by atoms with van der Waals surface area (Å²) >= 11 is 0. The van der Waals surface area contributed by atoms with E-state index < -0.39 is 32.8 Å². The van der Waals surface area contributed by atoms with E-state index in [4.69, 9.17) is 5.73 Å². The minimum atomic E-state index is -3.71. The van der Waals surface area contributed by atoms with E-state index in [2.05, 4.69) is 0 Å². The molecule has 0 aromatic heterocycles. The lowest BCUT2D eigenvalue weighted by molar-refractivity contribution is 0.502. The smallest absolute Gasteiger partial charge is 0.182 e. The van der Waals surface area contributed by atoms with Crippen LogP contribution in [-0.2, 0) is 9.84 Å². The quantitative estimate of drug-likeness (QED) is 0.672. The first kappa shape index (κ1) is 14.4. The van der Waals surface area contributed by atoms with Gasteiger partial charge >= 0.3 is 0 Å². The monoisotopic (exact) mass is 289 g/mol. The number of sulfone groups is 1. The van der Waals surface area contributed by atoms with Gasteiger partial charge in [-0.25, -0.2) is 17.2 Å². The average Bonchev–Trinajstić information content (AvgIpc) is 2.57. The lowest BCUT2D eigenvalue weighted by atomic mass is 10.1. The highest BCUT2D eigenvalue weighted by Crippen LogP contribution is 2.28. The lowest BCUT2D eigenvalue weighted by Gasteiger charge is -2.21. The molecule has 0 aliphatic heterocycles. The first-order valence-corrected chi connectivity index (χ1v) is 7.92. The lowest BCUT2D eigenvalue weighted by Crippen LogP contribution is -2.39. The molecule has 19 heavy (non-hydrogen) atoms. The van der Waals surface area contributed by atoms with Gasteiger partial charge in [-0.1, -0.05) is 19.3 Å². The molecule has 1 aliphatic rings. The predicted molar refractivity (Wildman–Crippen MR) is 68.4 cm³/mol. The third-order valence-electron chi connectivity index (χ3n) is 3.62. The first-order valence-electron chi connectivity index (χ1n) is 6.37. The number of benzene rings is 1. The van der Waals surface area contributed by atoms with Crippen LogP contribution in [0.25, 0.3) is 0 Å². The maximum atomic E-state index is 13.2. The van der Waals surface area contributed by atoms with E-state index in [0.717, 1.165) is 37.5 Å². The van der Waals surface area contributed by atoms with Gasteiger partial charge in [-0.15, -0.1) is 0 Å². The van der Waals surface area contributed by atoms with E-state index >= 15 is 0 Å². The molecule has 0 heterocycles. The Bertz CT molecular complexity index is 560. The van der Waals surface area contributed by atoms with Gasteiger partial charge in [0.25, 0.3) is 0 Å². The van der Waals surface area contributed by atoms with Crippen molar-refractivity contribution in [2.75, 3.05) is 0 Å². The standard InChI is InChI=1S/C13H17F2NO2S/c14-10-7-6-9(8-11(10)15)19(17,18)13-5-3-1-2-4-12(13)16/h6-8,12-13H,1-5,16H2. The second-order valence-corrected chi connectivity index (χ2v) is 7.13. The highest BCUT2D eigenvalue weighted by atomic mass is 32.2. The predicted octanol–water partition coefficient (Wildman–Crippen LogP) is 2.40. The molecule has 6 heteroatoms. The molecule has 0 spiro atoms. The van der Waals surface area contributed by atoms with E-state index in [0.29, 0.717) is 12.8 Å². The zero-order chi connectivity index (χ0) is 14.0. The SMILES string of the molecule is NC1CCCCCC1S(=O)(=O)c1ccc(F)c(F)c1. The first-order chi connectivity index (χ1) is 8.93. The summed E-state index contributed by atoms with van der Waals surface area (Å²) in [7, 11) is -3.71. The topological polar surface area (TPSA) is 60.2 Å². The molecule has 0 radical (unpaired) electrons. The van der Waals surface area contributed by atoms with Gasteiger partial charge in [-0.2, -0.15) is 0 Å². The normalized spacial score (nSPS) is 25.0. The maximum Gasteiger partial charge on any atom is 0.182 e. The second kappa shape index (κ2) is 5.54. The minimum absolute atomic E-state index is 0.186. The highest BCUT2D eigenvalue weighted by Gasteiger charge is 2.33. The third-order valence-corrected chi connectivity index (χ3v) is 5.92. The van der Waals surface area contributed by atoms with Crippen LogP contribution in [0.1, 0.15) is 32.1 Å². The number of hydrogen-bond donors (Lipinski definition) is 1. The summed E-state index contributed by atoms with van der Waals surface area (Å²) in [4.78, 5) is -0.186. The van der Waals surface area contributed by atoms with Crippen LogP contribution < -0.4 is 5.73 Å². The molecule has 2 rings (SSSR count). The molecule has 2 atom stereocenters. The molecule has 1 aliphatic carbocycles. The Hall–Kier alpha value is -1.01. The van der Waals surface area contributed by atoms with Crippen molar-refractivity contribution >= 4 is 9.84 Å². The van der Waals surface area contributed by atoms with Gasteiger partial charge in [0.1, 0.15) is 0 Å². The number of hydrogen-bond acceptors (Lipinski definition) is 3. The molecule has 106 valence electrons. The summed E-state index contributed by atoms with van der Waals surface area (Å²) in [6.45, 7) is 0. The molecule has 1 aromatic carbocycles. The van der Waals surface area contributed by atoms with Gasteiger partial charge in [0.15, 0.2) is 21.5 Å². The number of nitrogens with two attached hydrogens (primary N) is 1. The fourth-order valence-corrected chi connectivity index (χ4v) is 4.46. The van der Waals surface area contributed by atoms with Crippen molar-refractivity contribution in [3.63, 3.8) is 0 Å². The summed E-state index contributed by atoms with van der Waals surface area (Å²) in [5.41, 5.74) is 5.92. The van der Waals surface area contributed by atoms with Crippen molar-refractivity contribution in [3.8, 4) is 0 Å². The molecule has 1 fully saturated rings. The van der Waals surface area contributed by atoms with E-state index in [1.807, 2.05) is 0 Å². The molecule has 0 amide bonds. The summed E-state index contributed by atoms with van der Waals surface area (Å²) < 4.78 is 50.9. The van der Waals surface area contributed by atoms with Crippen molar-refractivity contribution < 1.29 is 17.2 Å². The third kappa shape index (κ3) is 2.95. The van der Waals surface area contributed by atoms with Crippen LogP contribution in [0.5, 0.6) is 0 Å². The highest BCUT2D eigenvalue weighted by molar-refractivity contribution is 7.92. The van der Waals surface area contributed by atoms with E-state index in [9.17, 15) is 17.2 Å². The Kier molecular flexibility index (Phi) is 4.20. The van der Waals surface area contributed by atoms with Gasteiger partial charge < -0.3 is 5.73 Å². The average molecular weight is 289 g/mol. The van der Waals surface area contributed by atoms with Crippen LogP contribution >= 0.6 is 0 Å². The van der Waals surface area contributed by atoms with E-state index in [1.54, 1.807) is 0 Å². The Labute approximate surface area is 111 Å². The van der Waals surface area contributed by atoms with Crippen molar-refractivity contribution in [3.05, 3.63) is 29.8 Å². The summed E-state index contributed by atoms with van der Waals surface area (Å²) in [6.07, 6.45) is 3.78. The number of halogens is 2. The fourth-order valence-electron chi connectivity index (χ4n) is 2.52. The molecule has 3 nitrogen and oxygen atoms in total. The molecule has 0 saturated heterocycles. The molecule has 1 saturated carbocycles. The van der Waals surface area contributed by atoms with E-state index in [1.165, 1.54) is 0 Å². The molecule has 2 unspecified atom stereocenters.